The van der Waals surface area contributed by atoms with Crippen LogP contribution in [-0.4, -0.2) is 25.3 Å². The maximum atomic E-state index is 11.7. The van der Waals surface area contributed by atoms with Crippen LogP contribution >= 0.6 is 11.8 Å². The van der Waals surface area contributed by atoms with E-state index in [-0.39, 0.29) is 5.91 Å². The average molecular weight is 237 g/mol. The SMILES string of the molecule is CNC(=O)c1cccc(SC)c1OC1CC1. The van der Waals surface area contributed by atoms with Gasteiger partial charge < -0.3 is 10.1 Å². The van der Waals surface area contributed by atoms with Crippen LogP contribution in [0.15, 0.2) is 23.1 Å². The van der Waals surface area contributed by atoms with Gasteiger partial charge in [-0.2, -0.15) is 0 Å². The first-order valence-electron chi connectivity index (χ1n) is 5.32. The predicted molar refractivity (Wildman–Crippen MR) is 65.3 cm³/mol. The minimum Gasteiger partial charge on any atom is -0.488 e. The number of rotatable bonds is 4. The lowest BCUT2D eigenvalue weighted by molar-refractivity contribution is 0.0958. The largest absolute Gasteiger partial charge is 0.488 e. The Balaban J connectivity index is 2.36. The van der Waals surface area contributed by atoms with E-state index >= 15 is 0 Å². The standard InChI is InChI=1S/C12H15NO2S/c1-13-12(14)9-4-3-5-10(16-2)11(9)15-8-6-7-8/h3-5,8H,6-7H2,1-2H3,(H,13,14). The Hall–Kier alpha value is -1.16. The maximum absolute atomic E-state index is 11.7. The third kappa shape index (κ3) is 2.32. The van der Waals surface area contributed by atoms with Crippen molar-refractivity contribution in [1.29, 1.82) is 0 Å². The molecule has 0 heterocycles. The molecule has 0 saturated heterocycles. The summed E-state index contributed by atoms with van der Waals surface area (Å²) in [4.78, 5) is 12.7. The number of nitrogens with one attached hydrogen (secondary N) is 1. The van der Waals surface area contributed by atoms with Gasteiger partial charge in [-0.25, -0.2) is 0 Å². The molecule has 0 atom stereocenters. The summed E-state index contributed by atoms with van der Waals surface area (Å²) >= 11 is 1.60. The molecule has 1 saturated carbocycles. The lowest BCUT2D eigenvalue weighted by Crippen LogP contribution is -2.19. The first-order valence-corrected chi connectivity index (χ1v) is 6.54. The molecule has 4 heteroatoms. The Morgan fingerprint density at radius 2 is 2.25 bits per heavy atom. The van der Waals surface area contributed by atoms with E-state index in [0.29, 0.717) is 11.7 Å². The minimum absolute atomic E-state index is 0.0912. The molecule has 1 aliphatic rings. The zero-order chi connectivity index (χ0) is 11.5. The van der Waals surface area contributed by atoms with E-state index in [0.717, 1.165) is 23.5 Å². The molecule has 0 aromatic heterocycles. The lowest BCUT2D eigenvalue weighted by Gasteiger charge is -2.13. The number of carbonyl (C=O) groups excluding carboxylic acids is 1. The molecule has 3 nitrogen and oxygen atoms in total. The van der Waals surface area contributed by atoms with Gasteiger partial charge in [0.25, 0.3) is 5.91 Å². The minimum atomic E-state index is -0.0912. The van der Waals surface area contributed by atoms with Gasteiger partial charge in [-0.1, -0.05) is 6.07 Å². The van der Waals surface area contributed by atoms with Gasteiger partial charge >= 0.3 is 0 Å². The molecule has 0 radical (unpaired) electrons. The monoisotopic (exact) mass is 237 g/mol. The van der Waals surface area contributed by atoms with Gasteiger partial charge in [-0.15, -0.1) is 11.8 Å². The second kappa shape index (κ2) is 4.78. The zero-order valence-electron chi connectivity index (χ0n) is 9.45. The first kappa shape index (κ1) is 11.3. The van der Waals surface area contributed by atoms with Crippen molar-refractivity contribution < 1.29 is 9.53 Å². The van der Waals surface area contributed by atoms with Gasteiger partial charge in [0.15, 0.2) is 0 Å². The average Bonchev–Trinajstić information content (AvgIpc) is 3.12. The summed E-state index contributed by atoms with van der Waals surface area (Å²) in [5, 5.41) is 2.64. The number of carbonyl (C=O) groups is 1. The Labute approximate surface area is 99.6 Å². The van der Waals surface area contributed by atoms with Crippen LogP contribution in [0.2, 0.25) is 0 Å². The van der Waals surface area contributed by atoms with E-state index < -0.39 is 0 Å². The van der Waals surface area contributed by atoms with Crippen molar-refractivity contribution >= 4 is 17.7 Å². The van der Waals surface area contributed by atoms with Gasteiger partial charge in [-0.3, -0.25) is 4.79 Å². The molecule has 1 amide bonds. The van der Waals surface area contributed by atoms with Crippen molar-refractivity contribution in [2.45, 2.75) is 23.8 Å². The number of para-hydroxylation sites is 1. The summed E-state index contributed by atoms with van der Waals surface area (Å²) in [6, 6.07) is 5.67. The maximum Gasteiger partial charge on any atom is 0.254 e. The molecular formula is C12H15NO2S. The number of ether oxygens (including phenoxy) is 1. The van der Waals surface area contributed by atoms with Crippen molar-refractivity contribution in [3.8, 4) is 5.75 Å². The highest BCUT2D eigenvalue weighted by Gasteiger charge is 2.27. The molecule has 16 heavy (non-hydrogen) atoms. The highest BCUT2D eigenvalue weighted by Crippen LogP contribution is 2.36. The fraction of sp³-hybridized carbons (Fsp3) is 0.417. The Bertz CT molecular complexity index is 402. The molecule has 0 unspecified atom stereocenters. The van der Waals surface area contributed by atoms with Crippen molar-refractivity contribution in [3.63, 3.8) is 0 Å². The summed E-state index contributed by atoms with van der Waals surface area (Å²) < 4.78 is 5.82. The number of hydrogen-bond acceptors (Lipinski definition) is 3. The van der Waals surface area contributed by atoms with Gasteiger partial charge in [0.2, 0.25) is 0 Å². The Morgan fingerprint density at radius 1 is 1.50 bits per heavy atom. The van der Waals surface area contributed by atoms with Crippen LogP contribution in [0.1, 0.15) is 23.2 Å². The summed E-state index contributed by atoms with van der Waals surface area (Å²) in [6.45, 7) is 0. The van der Waals surface area contributed by atoms with E-state index in [2.05, 4.69) is 5.32 Å². The summed E-state index contributed by atoms with van der Waals surface area (Å²) in [5.41, 5.74) is 0.626. The van der Waals surface area contributed by atoms with Crippen LogP contribution in [-0.2, 0) is 0 Å². The molecule has 86 valence electrons. The molecule has 1 aromatic rings. The molecule has 1 aromatic carbocycles. The molecule has 0 bridgehead atoms. The highest BCUT2D eigenvalue weighted by molar-refractivity contribution is 7.98. The van der Waals surface area contributed by atoms with E-state index in [1.807, 2.05) is 18.4 Å². The number of benzene rings is 1. The van der Waals surface area contributed by atoms with E-state index in [1.54, 1.807) is 24.9 Å². The second-order valence-corrected chi connectivity index (χ2v) is 4.58. The summed E-state index contributed by atoms with van der Waals surface area (Å²) in [6.07, 6.45) is 4.48. The fourth-order valence-corrected chi connectivity index (χ4v) is 2.02. The third-order valence-electron chi connectivity index (χ3n) is 2.48. The van der Waals surface area contributed by atoms with Crippen LogP contribution in [0.4, 0.5) is 0 Å². The fourth-order valence-electron chi connectivity index (χ4n) is 1.46. The lowest BCUT2D eigenvalue weighted by atomic mass is 10.2. The van der Waals surface area contributed by atoms with Crippen molar-refractivity contribution in [1.82, 2.24) is 5.32 Å². The number of hydrogen-bond donors (Lipinski definition) is 1. The Morgan fingerprint density at radius 3 is 2.81 bits per heavy atom. The van der Waals surface area contributed by atoms with Gasteiger partial charge in [-0.05, 0) is 31.2 Å². The smallest absolute Gasteiger partial charge is 0.254 e. The summed E-state index contributed by atoms with van der Waals surface area (Å²) in [7, 11) is 1.63. The normalized spacial score (nSPS) is 14.6. The van der Waals surface area contributed by atoms with Gasteiger partial charge in [0.1, 0.15) is 5.75 Å². The van der Waals surface area contributed by atoms with Crippen molar-refractivity contribution in [2.24, 2.45) is 0 Å². The molecular weight excluding hydrogens is 222 g/mol. The topological polar surface area (TPSA) is 38.3 Å². The number of thioether (sulfide) groups is 1. The van der Waals surface area contributed by atoms with Crippen molar-refractivity contribution in [3.05, 3.63) is 23.8 Å². The molecule has 1 fully saturated rings. The molecule has 0 spiro atoms. The van der Waals surface area contributed by atoms with Gasteiger partial charge in [0.05, 0.1) is 11.7 Å². The first-order chi connectivity index (χ1) is 7.76. The molecule has 0 aliphatic heterocycles. The van der Waals surface area contributed by atoms with Crippen molar-refractivity contribution in [2.75, 3.05) is 13.3 Å². The van der Waals surface area contributed by atoms with Gasteiger partial charge in [0, 0.05) is 11.9 Å². The van der Waals surface area contributed by atoms with Crippen LogP contribution in [0, 0.1) is 0 Å². The van der Waals surface area contributed by atoms with Crippen LogP contribution in [0.25, 0.3) is 0 Å². The quantitative estimate of drug-likeness (QED) is 0.817. The van der Waals surface area contributed by atoms with Crippen LogP contribution in [0.5, 0.6) is 5.75 Å². The third-order valence-corrected chi connectivity index (χ3v) is 3.24. The zero-order valence-corrected chi connectivity index (χ0v) is 10.3. The van der Waals surface area contributed by atoms with Crippen LogP contribution < -0.4 is 10.1 Å². The summed E-state index contributed by atoms with van der Waals surface area (Å²) in [5.74, 6) is 0.642. The predicted octanol–water partition coefficient (Wildman–Crippen LogP) is 2.31. The van der Waals surface area contributed by atoms with E-state index in [9.17, 15) is 4.79 Å². The molecule has 1 N–H and O–H groups in total. The Kier molecular flexibility index (Phi) is 3.39. The highest BCUT2D eigenvalue weighted by atomic mass is 32.2. The molecule has 1 aliphatic carbocycles. The second-order valence-electron chi connectivity index (χ2n) is 3.73. The molecule has 2 rings (SSSR count). The van der Waals surface area contributed by atoms with E-state index in [4.69, 9.17) is 4.74 Å². The van der Waals surface area contributed by atoms with Crippen LogP contribution in [0.3, 0.4) is 0 Å². The van der Waals surface area contributed by atoms with E-state index in [1.165, 1.54) is 0 Å². The number of amides is 1.